The van der Waals surface area contributed by atoms with E-state index in [0.29, 0.717) is 6.54 Å². The Morgan fingerprint density at radius 2 is 1.59 bits per heavy atom. The molecule has 0 spiro atoms. The number of carbonyl (C=O) groups excluding carboxylic acids is 1. The van der Waals surface area contributed by atoms with Gasteiger partial charge in [-0.3, -0.25) is 9.69 Å². The summed E-state index contributed by atoms with van der Waals surface area (Å²) in [6.07, 6.45) is 2.50. The van der Waals surface area contributed by atoms with Crippen molar-refractivity contribution in [2.45, 2.75) is 25.0 Å². The van der Waals surface area contributed by atoms with Gasteiger partial charge in [-0.05, 0) is 24.0 Å². The molecule has 0 aromatic heterocycles. The van der Waals surface area contributed by atoms with Crippen molar-refractivity contribution in [3.63, 3.8) is 0 Å². The standard InChI is InChI=1S/C24H31N3O2/c28-23(19-25-18-22-12-7-17-29-22)26-13-15-27(16-14-26)24(20-8-3-1-4-9-20)21-10-5-2-6-11-21/h1-6,8-11,22,24-25H,7,12-19H2. The van der Waals surface area contributed by atoms with Gasteiger partial charge in [-0.15, -0.1) is 0 Å². The quantitative estimate of drug-likeness (QED) is 0.786. The maximum Gasteiger partial charge on any atom is 0.236 e. The number of rotatable bonds is 7. The van der Waals surface area contributed by atoms with Crippen LogP contribution in [0.5, 0.6) is 0 Å². The van der Waals surface area contributed by atoms with E-state index >= 15 is 0 Å². The fourth-order valence-corrected chi connectivity index (χ4v) is 4.37. The Morgan fingerprint density at radius 1 is 0.966 bits per heavy atom. The van der Waals surface area contributed by atoms with E-state index < -0.39 is 0 Å². The summed E-state index contributed by atoms with van der Waals surface area (Å²) in [6.45, 7) is 5.34. The van der Waals surface area contributed by atoms with Crippen LogP contribution in [0.25, 0.3) is 0 Å². The van der Waals surface area contributed by atoms with Crippen molar-refractivity contribution >= 4 is 5.91 Å². The number of ether oxygens (including phenoxy) is 1. The number of hydrogen-bond donors (Lipinski definition) is 1. The molecule has 4 rings (SSSR count). The summed E-state index contributed by atoms with van der Waals surface area (Å²) in [7, 11) is 0. The Morgan fingerprint density at radius 3 is 2.14 bits per heavy atom. The van der Waals surface area contributed by atoms with Gasteiger partial charge >= 0.3 is 0 Å². The van der Waals surface area contributed by atoms with Crippen LogP contribution in [-0.4, -0.2) is 67.7 Å². The summed E-state index contributed by atoms with van der Waals surface area (Å²) >= 11 is 0. The average Bonchev–Trinajstić information content (AvgIpc) is 3.29. The fourth-order valence-electron chi connectivity index (χ4n) is 4.37. The molecular formula is C24H31N3O2. The zero-order valence-electron chi connectivity index (χ0n) is 17.0. The largest absolute Gasteiger partial charge is 0.377 e. The van der Waals surface area contributed by atoms with Gasteiger partial charge in [0.25, 0.3) is 0 Å². The molecule has 2 fully saturated rings. The minimum Gasteiger partial charge on any atom is -0.377 e. The molecule has 2 aliphatic heterocycles. The molecule has 1 atom stereocenters. The number of nitrogens with zero attached hydrogens (tertiary/aromatic N) is 2. The molecule has 1 N–H and O–H groups in total. The Labute approximate surface area is 173 Å². The highest BCUT2D eigenvalue weighted by atomic mass is 16.5. The lowest BCUT2D eigenvalue weighted by Crippen LogP contribution is -2.52. The molecule has 154 valence electrons. The van der Waals surface area contributed by atoms with Gasteiger partial charge in [-0.2, -0.15) is 0 Å². The molecule has 0 bridgehead atoms. The van der Waals surface area contributed by atoms with E-state index in [1.165, 1.54) is 11.1 Å². The molecule has 0 radical (unpaired) electrons. The summed E-state index contributed by atoms with van der Waals surface area (Å²) in [5.41, 5.74) is 2.61. The van der Waals surface area contributed by atoms with Gasteiger partial charge in [0.1, 0.15) is 0 Å². The van der Waals surface area contributed by atoms with Crippen molar-refractivity contribution in [2.75, 3.05) is 45.9 Å². The molecule has 1 amide bonds. The molecule has 29 heavy (non-hydrogen) atoms. The van der Waals surface area contributed by atoms with E-state index in [4.69, 9.17) is 4.74 Å². The maximum atomic E-state index is 12.6. The number of nitrogens with one attached hydrogen (secondary N) is 1. The van der Waals surface area contributed by atoms with Gasteiger partial charge in [0.15, 0.2) is 0 Å². The lowest BCUT2D eigenvalue weighted by atomic mass is 9.96. The zero-order chi connectivity index (χ0) is 19.9. The summed E-state index contributed by atoms with van der Waals surface area (Å²) in [6, 6.07) is 21.6. The van der Waals surface area contributed by atoms with Crippen molar-refractivity contribution in [1.82, 2.24) is 15.1 Å². The first-order valence-electron chi connectivity index (χ1n) is 10.8. The molecule has 5 nitrogen and oxygen atoms in total. The number of amides is 1. The molecule has 2 aromatic carbocycles. The molecule has 2 aromatic rings. The van der Waals surface area contributed by atoms with Crippen LogP contribution in [0.3, 0.4) is 0 Å². The van der Waals surface area contributed by atoms with Crippen molar-refractivity contribution in [3.8, 4) is 0 Å². The van der Waals surface area contributed by atoms with Crippen molar-refractivity contribution in [3.05, 3.63) is 71.8 Å². The van der Waals surface area contributed by atoms with E-state index in [0.717, 1.165) is 52.2 Å². The molecule has 2 aliphatic rings. The minimum absolute atomic E-state index is 0.193. The maximum absolute atomic E-state index is 12.6. The third-order valence-corrected chi connectivity index (χ3v) is 5.93. The molecule has 0 aliphatic carbocycles. The monoisotopic (exact) mass is 393 g/mol. The first-order valence-corrected chi connectivity index (χ1v) is 10.8. The topological polar surface area (TPSA) is 44.8 Å². The van der Waals surface area contributed by atoms with E-state index in [1.807, 2.05) is 4.90 Å². The third kappa shape index (κ3) is 5.24. The van der Waals surface area contributed by atoms with E-state index in [1.54, 1.807) is 0 Å². The Hall–Kier alpha value is -2.21. The van der Waals surface area contributed by atoms with Gasteiger partial charge in [-0.25, -0.2) is 0 Å². The van der Waals surface area contributed by atoms with Crippen LogP contribution in [0.15, 0.2) is 60.7 Å². The molecule has 5 heteroatoms. The number of piperazine rings is 1. The van der Waals surface area contributed by atoms with Crippen LogP contribution in [0.4, 0.5) is 0 Å². The van der Waals surface area contributed by atoms with Crippen LogP contribution in [0, 0.1) is 0 Å². The summed E-state index contributed by atoms with van der Waals surface area (Å²) in [5.74, 6) is 0.193. The average molecular weight is 394 g/mol. The molecule has 2 heterocycles. The van der Waals surface area contributed by atoms with Gasteiger partial charge in [0.05, 0.1) is 18.7 Å². The normalized spacial score (nSPS) is 20.3. The van der Waals surface area contributed by atoms with Gasteiger partial charge < -0.3 is 15.0 Å². The summed E-state index contributed by atoms with van der Waals surface area (Å²) in [5, 5.41) is 3.28. The van der Waals surface area contributed by atoms with E-state index in [-0.39, 0.29) is 18.1 Å². The van der Waals surface area contributed by atoms with Crippen LogP contribution in [0.1, 0.15) is 30.0 Å². The van der Waals surface area contributed by atoms with Gasteiger partial charge in [0, 0.05) is 39.3 Å². The zero-order valence-corrected chi connectivity index (χ0v) is 17.0. The molecule has 1 unspecified atom stereocenters. The van der Waals surface area contributed by atoms with Crippen LogP contribution >= 0.6 is 0 Å². The van der Waals surface area contributed by atoms with Crippen LogP contribution in [-0.2, 0) is 9.53 Å². The Balaban J connectivity index is 1.33. The SMILES string of the molecule is O=C(CNCC1CCCO1)N1CCN(C(c2ccccc2)c2ccccc2)CC1. The minimum atomic E-state index is 0.193. The second kappa shape index (κ2) is 10.0. The van der Waals surface area contributed by atoms with Crippen LogP contribution < -0.4 is 5.32 Å². The highest BCUT2D eigenvalue weighted by molar-refractivity contribution is 5.78. The van der Waals surface area contributed by atoms with E-state index in [9.17, 15) is 4.79 Å². The predicted molar refractivity (Wildman–Crippen MR) is 115 cm³/mol. The lowest BCUT2D eigenvalue weighted by Gasteiger charge is -2.40. The predicted octanol–water partition coefficient (Wildman–Crippen LogP) is 2.69. The second-order valence-electron chi connectivity index (χ2n) is 7.91. The number of benzene rings is 2. The first kappa shape index (κ1) is 20.1. The Kier molecular flexibility index (Phi) is 6.93. The van der Waals surface area contributed by atoms with Crippen molar-refractivity contribution in [1.29, 1.82) is 0 Å². The smallest absolute Gasteiger partial charge is 0.236 e. The fraction of sp³-hybridized carbons (Fsp3) is 0.458. The summed E-state index contributed by atoms with van der Waals surface area (Å²) in [4.78, 5) is 17.1. The Bertz CT molecular complexity index is 715. The number of carbonyl (C=O) groups is 1. The van der Waals surface area contributed by atoms with Crippen molar-refractivity contribution in [2.24, 2.45) is 0 Å². The lowest BCUT2D eigenvalue weighted by molar-refractivity contribution is -0.132. The van der Waals surface area contributed by atoms with Gasteiger partial charge in [-0.1, -0.05) is 60.7 Å². The highest BCUT2D eigenvalue weighted by Gasteiger charge is 2.28. The summed E-state index contributed by atoms with van der Waals surface area (Å²) < 4.78 is 5.61. The third-order valence-electron chi connectivity index (χ3n) is 5.93. The molecule has 0 saturated carbocycles. The first-order chi connectivity index (χ1) is 14.3. The second-order valence-corrected chi connectivity index (χ2v) is 7.91. The molecular weight excluding hydrogens is 362 g/mol. The molecule has 2 saturated heterocycles. The van der Waals surface area contributed by atoms with Crippen molar-refractivity contribution < 1.29 is 9.53 Å². The van der Waals surface area contributed by atoms with Gasteiger partial charge in [0.2, 0.25) is 5.91 Å². The highest BCUT2D eigenvalue weighted by Crippen LogP contribution is 2.29. The van der Waals surface area contributed by atoms with Crippen LogP contribution in [0.2, 0.25) is 0 Å². The van der Waals surface area contributed by atoms with E-state index in [2.05, 4.69) is 70.9 Å². The number of hydrogen-bond acceptors (Lipinski definition) is 4.